The lowest BCUT2D eigenvalue weighted by atomic mass is 9.89. The predicted octanol–water partition coefficient (Wildman–Crippen LogP) is 0.293. The maximum absolute atomic E-state index is 13.7. The Morgan fingerprint density at radius 2 is 1.80 bits per heavy atom. The summed E-state index contributed by atoms with van der Waals surface area (Å²) in [6.45, 7) is 0.961. The lowest BCUT2D eigenvalue weighted by molar-refractivity contribution is -0.147. The van der Waals surface area contributed by atoms with Crippen LogP contribution in [0.2, 0.25) is 0 Å². The highest BCUT2D eigenvalue weighted by Crippen LogP contribution is 2.38. The molecule has 30 heavy (non-hydrogen) atoms. The van der Waals surface area contributed by atoms with Crippen LogP contribution in [0.3, 0.4) is 0 Å². The first kappa shape index (κ1) is 21.9. The molecule has 0 bridgehead atoms. The number of carbonyl (C=O) groups is 2. The molecule has 2 saturated carbocycles. The lowest BCUT2D eigenvalue weighted by Crippen LogP contribution is -2.65. The van der Waals surface area contributed by atoms with Crippen LogP contribution < -0.4 is 10.0 Å². The Balaban J connectivity index is 1.48. The lowest BCUT2D eigenvalue weighted by Gasteiger charge is -2.48. The second-order valence-electron chi connectivity index (χ2n) is 9.29. The number of nitrogens with one attached hydrogen (secondary N) is 2. The zero-order valence-corrected chi connectivity index (χ0v) is 18.0. The summed E-state index contributed by atoms with van der Waals surface area (Å²) in [6.07, 6.45) is 3.54. The second kappa shape index (κ2) is 7.98. The molecule has 3 atom stereocenters. The van der Waals surface area contributed by atoms with E-state index in [0.29, 0.717) is 32.4 Å². The first-order chi connectivity index (χ1) is 14.0. The van der Waals surface area contributed by atoms with Crippen LogP contribution in [0, 0.1) is 5.92 Å². The number of piperazine rings is 1. The molecule has 8 nitrogen and oxygen atoms in total. The Bertz CT molecular complexity index is 794. The molecule has 4 fully saturated rings. The van der Waals surface area contributed by atoms with Crippen molar-refractivity contribution in [2.75, 3.05) is 25.9 Å². The van der Waals surface area contributed by atoms with Gasteiger partial charge in [0.05, 0.1) is 6.26 Å². The number of amides is 2. The van der Waals surface area contributed by atoms with Crippen LogP contribution >= 0.6 is 0 Å². The van der Waals surface area contributed by atoms with E-state index in [1.165, 1.54) is 0 Å². The van der Waals surface area contributed by atoms with Gasteiger partial charge in [0.25, 0.3) is 0 Å². The van der Waals surface area contributed by atoms with E-state index < -0.39 is 22.0 Å². The first-order valence-electron chi connectivity index (χ1n) is 10.7. The van der Waals surface area contributed by atoms with Gasteiger partial charge in [0.1, 0.15) is 6.04 Å². The van der Waals surface area contributed by atoms with Gasteiger partial charge in [-0.2, -0.15) is 0 Å². The average Bonchev–Trinajstić information content (AvgIpc) is 3.41. The number of sulfonamides is 1. The van der Waals surface area contributed by atoms with Crippen LogP contribution in [-0.2, 0) is 19.6 Å². The summed E-state index contributed by atoms with van der Waals surface area (Å²) in [7, 11) is -3.39. The topological polar surface area (TPSA) is 98.8 Å². The maximum atomic E-state index is 13.7. The van der Waals surface area contributed by atoms with Gasteiger partial charge in [-0.3, -0.25) is 14.5 Å². The molecule has 0 aromatic rings. The van der Waals surface area contributed by atoms with Gasteiger partial charge >= 0.3 is 0 Å². The molecule has 2 N–H and O–H groups in total. The summed E-state index contributed by atoms with van der Waals surface area (Å²) in [5.41, 5.74) is 0. The summed E-state index contributed by atoms with van der Waals surface area (Å²) in [6, 6.07) is -1.25. The molecule has 2 aliphatic heterocycles. The Morgan fingerprint density at radius 1 is 1.13 bits per heavy atom. The highest BCUT2D eigenvalue weighted by atomic mass is 32.2. The molecule has 2 amide bonds. The summed E-state index contributed by atoms with van der Waals surface area (Å²) in [5, 5.41) is 2.87. The molecule has 0 aromatic carbocycles. The zero-order valence-electron chi connectivity index (χ0n) is 17.1. The largest absolute Gasteiger partial charge is 0.354 e. The van der Waals surface area contributed by atoms with Crippen molar-refractivity contribution in [3.63, 3.8) is 0 Å². The van der Waals surface area contributed by atoms with Crippen molar-refractivity contribution in [3.05, 3.63) is 0 Å². The monoisotopic (exact) mass is 448 g/mol. The number of nitrogens with zero attached hydrogens (tertiary/aromatic N) is 2. The summed E-state index contributed by atoms with van der Waals surface area (Å²) < 4.78 is 53.2. The normalized spacial score (nSPS) is 32.8. The molecule has 2 aliphatic carbocycles. The van der Waals surface area contributed by atoms with Gasteiger partial charge in [0.15, 0.2) is 0 Å². The predicted molar refractivity (Wildman–Crippen MR) is 105 cm³/mol. The molecule has 4 rings (SSSR count). The van der Waals surface area contributed by atoms with E-state index in [1.807, 2.05) is 4.90 Å². The third-order valence-corrected chi connectivity index (χ3v) is 7.52. The van der Waals surface area contributed by atoms with Gasteiger partial charge in [-0.25, -0.2) is 21.9 Å². The number of hydrogen-bond acceptors (Lipinski definition) is 5. The Kier molecular flexibility index (Phi) is 5.82. The summed E-state index contributed by atoms with van der Waals surface area (Å²) >= 11 is 0. The fraction of sp³-hybridized carbons (Fsp3) is 0.895. The van der Waals surface area contributed by atoms with Crippen LogP contribution in [0.15, 0.2) is 0 Å². The van der Waals surface area contributed by atoms with Gasteiger partial charge in [0, 0.05) is 56.5 Å². The Hall–Kier alpha value is -1.33. The molecule has 2 heterocycles. The van der Waals surface area contributed by atoms with Gasteiger partial charge < -0.3 is 10.2 Å². The fourth-order valence-corrected chi connectivity index (χ4v) is 5.88. The number of alkyl halides is 2. The molecule has 0 spiro atoms. The summed E-state index contributed by atoms with van der Waals surface area (Å²) in [4.78, 5) is 29.1. The van der Waals surface area contributed by atoms with Crippen LogP contribution in [0.25, 0.3) is 0 Å². The minimum absolute atomic E-state index is 0.0217. The summed E-state index contributed by atoms with van der Waals surface area (Å²) in [5.74, 6) is -2.85. The number of hydrogen-bond donors (Lipinski definition) is 2. The fourth-order valence-electron chi connectivity index (χ4n) is 5.10. The number of carbonyl (C=O) groups excluding carboxylic acids is 2. The van der Waals surface area contributed by atoms with Gasteiger partial charge in [0.2, 0.25) is 27.8 Å². The van der Waals surface area contributed by atoms with Crippen molar-refractivity contribution >= 4 is 21.8 Å². The molecule has 0 unspecified atom stereocenters. The van der Waals surface area contributed by atoms with Crippen molar-refractivity contribution < 1.29 is 26.8 Å². The van der Waals surface area contributed by atoms with Gasteiger partial charge in [-0.05, 0) is 32.1 Å². The SMILES string of the molecule is CS(=O)(=O)N[C@H]1C[C@H]2CN(C3CCC(F)(F)CC3)[C@@H](CNC(=O)C3CC3)C(=O)N2C1. The molecule has 11 heteroatoms. The third kappa shape index (κ3) is 4.94. The standard InChI is InChI=1S/C19H30F2N4O4S/c1-30(28,29)23-13-8-15-11-24(14-4-6-19(20,21)7-5-14)16(18(27)25(15)10-13)9-22-17(26)12-2-3-12/h12-16,23H,2-11H2,1H3,(H,22,26)/t13-,15-,16-/m0/s1. The third-order valence-electron chi connectivity index (χ3n) is 6.76. The highest BCUT2D eigenvalue weighted by molar-refractivity contribution is 7.88. The molecule has 0 aromatic heterocycles. The van der Waals surface area contributed by atoms with E-state index in [4.69, 9.17) is 0 Å². The number of halogens is 2. The molecule has 4 aliphatic rings. The first-order valence-corrected chi connectivity index (χ1v) is 12.6. The van der Waals surface area contributed by atoms with Gasteiger partial charge in [-0.15, -0.1) is 0 Å². The van der Waals surface area contributed by atoms with Crippen molar-refractivity contribution in [2.45, 2.75) is 75.0 Å². The average molecular weight is 449 g/mol. The zero-order chi connectivity index (χ0) is 21.7. The van der Waals surface area contributed by atoms with E-state index in [9.17, 15) is 26.8 Å². The van der Waals surface area contributed by atoms with E-state index in [2.05, 4.69) is 10.0 Å². The van der Waals surface area contributed by atoms with Crippen LogP contribution in [0.5, 0.6) is 0 Å². The molecular weight excluding hydrogens is 418 g/mol. The van der Waals surface area contributed by atoms with Crippen molar-refractivity contribution in [1.29, 1.82) is 0 Å². The van der Waals surface area contributed by atoms with Crippen LogP contribution in [0.4, 0.5) is 8.78 Å². The van der Waals surface area contributed by atoms with E-state index >= 15 is 0 Å². The molecular formula is C19H30F2N4O4S. The molecule has 0 radical (unpaired) electrons. The second-order valence-corrected chi connectivity index (χ2v) is 11.1. The Labute approximate surface area is 175 Å². The van der Waals surface area contributed by atoms with E-state index in [-0.39, 0.29) is 55.2 Å². The molecule has 170 valence electrons. The minimum Gasteiger partial charge on any atom is -0.354 e. The van der Waals surface area contributed by atoms with Gasteiger partial charge in [-0.1, -0.05) is 0 Å². The quantitative estimate of drug-likeness (QED) is 0.609. The van der Waals surface area contributed by atoms with Crippen LogP contribution in [0.1, 0.15) is 44.9 Å². The smallest absolute Gasteiger partial charge is 0.248 e. The number of rotatable bonds is 6. The van der Waals surface area contributed by atoms with E-state index in [0.717, 1.165) is 19.1 Å². The number of fused-ring (bicyclic) bond motifs is 1. The van der Waals surface area contributed by atoms with Crippen molar-refractivity contribution in [3.8, 4) is 0 Å². The Morgan fingerprint density at radius 3 is 2.40 bits per heavy atom. The van der Waals surface area contributed by atoms with Crippen LogP contribution in [-0.4, -0.2) is 86.0 Å². The van der Waals surface area contributed by atoms with Crippen molar-refractivity contribution in [1.82, 2.24) is 19.8 Å². The molecule has 2 saturated heterocycles. The highest BCUT2D eigenvalue weighted by Gasteiger charge is 2.49. The maximum Gasteiger partial charge on any atom is 0.248 e. The van der Waals surface area contributed by atoms with E-state index in [1.54, 1.807) is 4.90 Å². The minimum atomic E-state index is -3.39. The van der Waals surface area contributed by atoms with Crippen molar-refractivity contribution in [2.24, 2.45) is 5.92 Å².